The minimum absolute atomic E-state index is 0.122. The molecule has 0 N–H and O–H groups in total. The zero-order valence-electron chi connectivity index (χ0n) is 18.9. The summed E-state index contributed by atoms with van der Waals surface area (Å²) in [5, 5.41) is 9.01. The molecule has 0 saturated heterocycles. The Morgan fingerprint density at radius 1 is 0.971 bits per heavy atom. The van der Waals surface area contributed by atoms with E-state index in [0.717, 1.165) is 23.5 Å². The Bertz CT molecular complexity index is 1330. The van der Waals surface area contributed by atoms with Gasteiger partial charge in [0, 0.05) is 22.6 Å². The van der Waals surface area contributed by atoms with Crippen molar-refractivity contribution in [2.45, 2.75) is 38.6 Å². The number of halogens is 3. The molecule has 34 heavy (non-hydrogen) atoms. The lowest BCUT2D eigenvalue weighted by Gasteiger charge is -2.13. The molecule has 9 heteroatoms. The maximum Gasteiger partial charge on any atom is 0.416 e. The second-order valence-corrected chi connectivity index (χ2v) is 8.92. The molecule has 0 spiro atoms. The van der Waals surface area contributed by atoms with Crippen molar-refractivity contribution in [3.8, 4) is 5.69 Å². The summed E-state index contributed by atoms with van der Waals surface area (Å²) in [7, 11) is 0. The molecule has 4 rings (SSSR count). The highest BCUT2D eigenvalue weighted by Gasteiger charge is 2.31. The number of Topliss-reactive ketones (excluding diaryl/α,β-unsaturated/α-hetero) is 1. The smallest absolute Gasteiger partial charge is 0.318 e. The van der Waals surface area contributed by atoms with Crippen molar-refractivity contribution in [2.24, 2.45) is 0 Å². The molecule has 0 amide bonds. The quantitative estimate of drug-likeness (QED) is 0.237. The van der Waals surface area contributed by atoms with Crippen molar-refractivity contribution in [1.82, 2.24) is 19.3 Å². The summed E-state index contributed by atoms with van der Waals surface area (Å²) in [6, 6.07) is 16.7. The van der Waals surface area contributed by atoms with E-state index in [2.05, 4.69) is 10.2 Å². The summed E-state index contributed by atoms with van der Waals surface area (Å²) in [6.07, 6.45) is -4.44. The third-order valence-electron chi connectivity index (χ3n) is 5.58. The molecule has 0 aliphatic carbocycles. The van der Waals surface area contributed by atoms with Gasteiger partial charge in [-0.05, 0) is 50.6 Å². The number of nitrogens with zero attached hydrogens (tertiary/aromatic N) is 4. The number of rotatable bonds is 7. The molecule has 0 radical (unpaired) electrons. The molecule has 2 aromatic carbocycles. The first-order valence-corrected chi connectivity index (χ1v) is 11.6. The molecule has 0 saturated carbocycles. The van der Waals surface area contributed by atoms with Crippen molar-refractivity contribution in [1.29, 1.82) is 0 Å². The maximum atomic E-state index is 13.2. The van der Waals surface area contributed by atoms with Gasteiger partial charge in [0.25, 0.3) is 0 Å². The molecule has 0 unspecified atom stereocenters. The van der Waals surface area contributed by atoms with Crippen LogP contribution in [-0.2, 0) is 12.7 Å². The van der Waals surface area contributed by atoms with Crippen LogP contribution in [0.4, 0.5) is 13.2 Å². The molecule has 0 aliphatic rings. The van der Waals surface area contributed by atoms with Gasteiger partial charge in [-0.2, -0.15) is 13.2 Å². The fourth-order valence-corrected chi connectivity index (χ4v) is 4.75. The van der Waals surface area contributed by atoms with E-state index in [1.54, 1.807) is 30.5 Å². The van der Waals surface area contributed by atoms with E-state index < -0.39 is 11.7 Å². The van der Waals surface area contributed by atoms with Gasteiger partial charge in [-0.25, -0.2) is 0 Å². The van der Waals surface area contributed by atoms with Gasteiger partial charge < -0.3 is 9.13 Å². The van der Waals surface area contributed by atoms with Crippen LogP contribution in [0.15, 0.2) is 65.8 Å². The fourth-order valence-electron chi connectivity index (χ4n) is 3.89. The lowest BCUT2D eigenvalue weighted by Crippen LogP contribution is -2.09. The van der Waals surface area contributed by atoms with Crippen LogP contribution < -0.4 is 0 Å². The topological polar surface area (TPSA) is 52.7 Å². The minimum Gasteiger partial charge on any atom is -0.318 e. The molecule has 176 valence electrons. The number of aryl methyl sites for hydroxylation is 2. The Hall–Kier alpha value is -3.33. The number of hydrogen-bond donors (Lipinski definition) is 0. The standard InChI is InChI=1S/C25H23F3N4OS/c1-16-12-22(17(2)32(16)21-11-7-10-20(13-21)25(26,27)28)23(33)15-34-24-30-29-18(3)31(24)14-19-8-5-4-6-9-19/h4-13H,14-15H2,1-3H3. The minimum atomic E-state index is -4.44. The second-order valence-electron chi connectivity index (χ2n) is 7.98. The van der Waals surface area contributed by atoms with E-state index in [0.29, 0.717) is 34.3 Å². The third-order valence-corrected chi connectivity index (χ3v) is 6.55. The number of aromatic nitrogens is 4. The van der Waals surface area contributed by atoms with Gasteiger partial charge in [-0.3, -0.25) is 4.79 Å². The SMILES string of the molecule is Cc1nnc(SCC(=O)c2cc(C)n(-c3cccc(C(F)(F)F)c3)c2C)n1Cc1ccccc1. The monoisotopic (exact) mass is 484 g/mol. The number of thioether (sulfide) groups is 1. The van der Waals surface area contributed by atoms with Gasteiger partial charge >= 0.3 is 6.18 Å². The van der Waals surface area contributed by atoms with Gasteiger partial charge in [-0.1, -0.05) is 48.2 Å². The fraction of sp³-hybridized carbons (Fsp3) is 0.240. The van der Waals surface area contributed by atoms with Gasteiger partial charge in [0.15, 0.2) is 10.9 Å². The average molecular weight is 485 g/mol. The second kappa shape index (κ2) is 9.50. The normalized spacial score (nSPS) is 11.7. The predicted molar refractivity (Wildman–Crippen MR) is 126 cm³/mol. The Labute approximate surface area is 199 Å². The first-order valence-electron chi connectivity index (χ1n) is 10.6. The molecule has 0 fully saturated rings. The Morgan fingerprint density at radius 2 is 1.71 bits per heavy atom. The Balaban J connectivity index is 1.54. The van der Waals surface area contributed by atoms with Crippen molar-refractivity contribution < 1.29 is 18.0 Å². The lowest BCUT2D eigenvalue weighted by molar-refractivity contribution is -0.137. The van der Waals surface area contributed by atoms with Gasteiger partial charge in [0.1, 0.15) is 5.82 Å². The van der Waals surface area contributed by atoms with E-state index in [1.807, 2.05) is 41.8 Å². The maximum absolute atomic E-state index is 13.2. The molecule has 5 nitrogen and oxygen atoms in total. The zero-order chi connectivity index (χ0) is 24.5. The largest absolute Gasteiger partial charge is 0.416 e. The lowest BCUT2D eigenvalue weighted by atomic mass is 10.1. The van der Waals surface area contributed by atoms with Crippen LogP contribution in [0.1, 0.15) is 38.7 Å². The van der Waals surface area contributed by atoms with E-state index in [1.165, 1.54) is 17.8 Å². The highest BCUT2D eigenvalue weighted by atomic mass is 32.2. The van der Waals surface area contributed by atoms with Gasteiger partial charge in [-0.15, -0.1) is 10.2 Å². The van der Waals surface area contributed by atoms with Gasteiger partial charge in [0.2, 0.25) is 0 Å². The number of ketones is 1. The first kappa shape index (κ1) is 23.8. The van der Waals surface area contributed by atoms with E-state index in [9.17, 15) is 18.0 Å². The van der Waals surface area contributed by atoms with Gasteiger partial charge in [0.05, 0.1) is 17.9 Å². The molecule has 2 heterocycles. The van der Waals surface area contributed by atoms with Crippen LogP contribution in [0.5, 0.6) is 0 Å². The van der Waals surface area contributed by atoms with E-state index >= 15 is 0 Å². The summed E-state index contributed by atoms with van der Waals surface area (Å²) in [4.78, 5) is 13.1. The van der Waals surface area contributed by atoms with Crippen molar-refractivity contribution in [2.75, 3.05) is 5.75 Å². The Kier molecular flexibility index (Phi) is 6.65. The molecule has 4 aromatic rings. The molecule has 0 atom stereocenters. The predicted octanol–water partition coefficient (Wildman–Crippen LogP) is 6.04. The van der Waals surface area contributed by atoms with Crippen LogP contribution in [0.25, 0.3) is 5.69 Å². The number of carbonyl (C=O) groups excluding carboxylic acids is 1. The van der Waals surface area contributed by atoms with Crippen LogP contribution in [0.2, 0.25) is 0 Å². The van der Waals surface area contributed by atoms with Crippen molar-refractivity contribution in [3.05, 3.63) is 94.6 Å². The summed E-state index contributed by atoms with van der Waals surface area (Å²) in [5.41, 5.74) is 2.51. The molecule has 2 aromatic heterocycles. The number of alkyl halides is 3. The first-order chi connectivity index (χ1) is 16.1. The van der Waals surface area contributed by atoms with Crippen LogP contribution in [0.3, 0.4) is 0 Å². The zero-order valence-corrected chi connectivity index (χ0v) is 19.7. The Morgan fingerprint density at radius 3 is 2.41 bits per heavy atom. The van der Waals surface area contributed by atoms with Crippen LogP contribution in [0, 0.1) is 20.8 Å². The highest BCUT2D eigenvalue weighted by molar-refractivity contribution is 7.99. The molecule has 0 bridgehead atoms. The van der Waals surface area contributed by atoms with E-state index in [-0.39, 0.29) is 11.5 Å². The molecule has 0 aliphatic heterocycles. The summed E-state index contributed by atoms with van der Waals surface area (Å²) in [6.45, 7) is 5.98. The van der Waals surface area contributed by atoms with Crippen molar-refractivity contribution >= 4 is 17.5 Å². The third kappa shape index (κ3) is 4.94. The highest BCUT2D eigenvalue weighted by Crippen LogP contribution is 2.32. The van der Waals surface area contributed by atoms with E-state index in [4.69, 9.17) is 0 Å². The number of benzene rings is 2. The number of carbonyl (C=O) groups is 1. The summed E-state index contributed by atoms with van der Waals surface area (Å²) in [5.74, 6) is 0.768. The molecular weight excluding hydrogens is 461 g/mol. The van der Waals surface area contributed by atoms with Crippen molar-refractivity contribution in [3.63, 3.8) is 0 Å². The number of hydrogen-bond acceptors (Lipinski definition) is 4. The molecular formula is C25H23F3N4OS. The summed E-state index contributed by atoms with van der Waals surface area (Å²) < 4.78 is 43.2. The summed E-state index contributed by atoms with van der Waals surface area (Å²) >= 11 is 1.30. The van der Waals surface area contributed by atoms with Crippen LogP contribution in [-0.4, -0.2) is 30.9 Å². The van der Waals surface area contributed by atoms with Crippen LogP contribution >= 0.6 is 11.8 Å². The average Bonchev–Trinajstić information content (AvgIpc) is 3.30.